The van der Waals surface area contributed by atoms with Crippen molar-refractivity contribution in [1.29, 1.82) is 0 Å². The van der Waals surface area contributed by atoms with Crippen LogP contribution in [0.25, 0.3) is 0 Å². The number of aromatic nitrogens is 2. The number of nitrogens with one attached hydrogen (secondary N) is 1. The standard InChI is InChI=1S/C10H20N3/c1-3-12-8-9-13(10-12)7-5-4-6-11-2/h8-11H,3-7H2,1-2H3/q+1. The topological polar surface area (TPSA) is 20.8 Å². The number of aryl methyl sites for hydroxylation is 2. The zero-order valence-corrected chi connectivity index (χ0v) is 8.66. The molecule has 0 aliphatic carbocycles. The maximum absolute atomic E-state index is 3.16. The molecule has 1 aromatic heterocycles. The van der Waals surface area contributed by atoms with Crippen LogP contribution in [0.4, 0.5) is 0 Å². The maximum atomic E-state index is 3.16. The molecule has 0 spiro atoms. The van der Waals surface area contributed by atoms with E-state index in [-0.39, 0.29) is 0 Å². The molecule has 1 rings (SSSR count). The summed E-state index contributed by atoms with van der Waals surface area (Å²) in [5.41, 5.74) is 0. The lowest BCUT2D eigenvalue weighted by Gasteiger charge is -1.97. The summed E-state index contributed by atoms with van der Waals surface area (Å²) in [6, 6.07) is 0. The van der Waals surface area contributed by atoms with Crippen LogP contribution in [-0.2, 0) is 13.1 Å². The van der Waals surface area contributed by atoms with Crippen LogP contribution in [0.2, 0.25) is 0 Å². The van der Waals surface area contributed by atoms with Gasteiger partial charge in [-0.3, -0.25) is 0 Å². The predicted molar refractivity (Wildman–Crippen MR) is 53.5 cm³/mol. The third kappa shape index (κ3) is 3.59. The van der Waals surface area contributed by atoms with Gasteiger partial charge in [-0.2, -0.15) is 0 Å². The maximum Gasteiger partial charge on any atom is 0.243 e. The first-order valence-electron chi connectivity index (χ1n) is 5.06. The number of hydrogen-bond acceptors (Lipinski definition) is 1. The van der Waals surface area contributed by atoms with Gasteiger partial charge in [0.2, 0.25) is 6.33 Å². The number of imidazole rings is 1. The van der Waals surface area contributed by atoms with Crippen LogP contribution in [0, 0.1) is 0 Å². The number of hydrogen-bond donors (Lipinski definition) is 1. The summed E-state index contributed by atoms with van der Waals surface area (Å²) in [6.45, 7) is 5.47. The van der Waals surface area contributed by atoms with E-state index in [2.05, 4.69) is 40.1 Å². The molecule has 0 amide bonds. The first-order valence-corrected chi connectivity index (χ1v) is 5.06. The summed E-state index contributed by atoms with van der Waals surface area (Å²) in [6.07, 6.45) is 8.93. The Morgan fingerprint density at radius 1 is 1.38 bits per heavy atom. The third-order valence-electron chi connectivity index (χ3n) is 2.20. The van der Waals surface area contributed by atoms with Gasteiger partial charge in [0, 0.05) is 0 Å². The Morgan fingerprint density at radius 2 is 2.23 bits per heavy atom. The minimum Gasteiger partial charge on any atom is -0.320 e. The van der Waals surface area contributed by atoms with Crippen molar-refractivity contribution < 1.29 is 4.57 Å². The third-order valence-corrected chi connectivity index (χ3v) is 2.20. The fraction of sp³-hybridized carbons (Fsp3) is 0.700. The molecular weight excluding hydrogens is 162 g/mol. The minimum absolute atomic E-state index is 1.06. The van der Waals surface area contributed by atoms with Gasteiger partial charge in [0.25, 0.3) is 0 Å². The summed E-state index contributed by atoms with van der Waals surface area (Å²) in [4.78, 5) is 0. The zero-order chi connectivity index (χ0) is 9.52. The minimum atomic E-state index is 1.06. The molecule has 0 saturated heterocycles. The van der Waals surface area contributed by atoms with Crippen molar-refractivity contribution in [2.75, 3.05) is 13.6 Å². The second-order valence-corrected chi connectivity index (χ2v) is 3.29. The van der Waals surface area contributed by atoms with Crippen LogP contribution in [0.3, 0.4) is 0 Å². The zero-order valence-electron chi connectivity index (χ0n) is 8.66. The van der Waals surface area contributed by atoms with E-state index in [1.54, 1.807) is 0 Å². The normalized spacial score (nSPS) is 10.6. The van der Waals surface area contributed by atoms with Gasteiger partial charge in [-0.1, -0.05) is 0 Å². The molecule has 0 aromatic carbocycles. The highest BCUT2D eigenvalue weighted by Gasteiger charge is 2.00. The van der Waals surface area contributed by atoms with E-state index >= 15 is 0 Å². The number of nitrogens with zero attached hydrogens (tertiary/aromatic N) is 2. The first-order chi connectivity index (χ1) is 6.36. The molecule has 0 atom stereocenters. The Bertz CT molecular complexity index is 230. The molecule has 1 N–H and O–H groups in total. The highest BCUT2D eigenvalue weighted by molar-refractivity contribution is 4.64. The second-order valence-electron chi connectivity index (χ2n) is 3.29. The Hall–Kier alpha value is -0.830. The van der Waals surface area contributed by atoms with Gasteiger partial charge in [-0.05, 0) is 33.4 Å². The van der Waals surface area contributed by atoms with Crippen LogP contribution in [-0.4, -0.2) is 18.2 Å². The van der Waals surface area contributed by atoms with Crippen LogP contribution < -0.4 is 9.88 Å². The molecule has 0 unspecified atom stereocenters. The van der Waals surface area contributed by atoms with Crippen LogP contribution >= 0.6 is 0 Å². The molecule has 0 bridgehead atoms. The molecule has 0 aliphatic heterocycles. The lowest BCUT2D eigenvalue weighted by molar-refractivity contribution is -0.696. The van der Waals surface area contributed by atoms with Crippen LogP contribution in [0.5, 0.6) is 0 Å². The lowest BCUT2D eigenvalue weighted by Crippen LogP contribution is -2.31. The SMILES string of the molecule is CCn1cc[n+](CCCCNC)c1. The van der Waals surface area contributed by atoms with E-state index in [0.717, 1.165) is 19.6 Å². The highest BCUT2D eigenvalue weighted by Crippen LogP contribution is 1.88. The summed E-state index contributed by atoms with van der Waals surface area (Å²) in [5, 5.41) is 3.16. The van der Waals surface area contributed by atoms with Gasteiger partial charge in [0.05, 0.1) is 13.1 Å². The molecule has 74 valence electrons. The van der Waals surface area contributed by atoms with Gasteiger partial charge in [0.1, 0.15) is 12.4 Å². The van der Waals surface area contributed by atoms with E-state index in [1.165, 1.54) is 12.8 Å². The van der Waals surface area contributed by atoms with E-state index in [0.29, 0.717) is 0 Å². The molecule has 0 saturated carbocycles. The molecule has 1 heterocycles. The van der Waals surface area contributed by atoms with Crippen molar-refractivity contribution in [3.05, 3.63) is 18.7 Å². The van der Waals surface area contributed by atoms with E-state index in [4.69, 9.17) is 0 Å². The van der Waals surface area contributed by atoms with Gasteiger partial charge < -0.3 is 5.32 Å². The fourth-order valence-corrected chi connectivity index (χ4v) is 1.35. The highest BCUT2D eigenvalue weighted by atomic mass is 15.1. The average Bonchev–Trinajstić information content (AvgIpc) is 2.60. The van der Waals surface area contributed by atoms with Gasteiger partial charge in [-0.25, -0.2) is 9.13 Å². The van der Waals surface area contributed by atoms with Gasteiger partial charge >= 0.3 is 0 Å². The largest absolute Gasteiger partial charge is 0.320 e. The number of unbranched alkanes of at least 4 members (excludes halogenated alkanes) is 1. The molecule has 3 heteroatoms. The molecule has 0 fully saturated rings. The van der Waals surface area contributed by atoms with Gasteiger partial charge in [0.15, 0.2) is 0 Å². The smallest absolute Gasteiger partial charge is 0.243 e. The van der Waals surface area contributed by atoms with Crippen molar-refractivity contribution in [3.8, 4) is 0 Å². The van der Waals surface area contributed by atoms with Crippen LogP contribution in [0.1, 0.15) is 19.8 Å². The number of rotatable bonds is 6. The molecule has 0 radical (unpaired) electrons. The summed E-state index contributed by atoms with van der Waals surface area (Å²) >= 11 is 0. The monoisotopic (exact) mass is 182 g/mol. The Kier molecular flexibility index (Phi) is 4.54. The van der Waals surface area contributed by atoms with Crippen molar-refractivity contribution >= 4 is 0 Å². The average molecular weight is 182 g/mol. The van der Waals surface area contributed by atoms with E-state index in [1.807, 2.05) is 7.05 Å². The summed E-state index contributed by atoms with van der Waals surface area (Å²) in [7, 11) is 2.00. The molecule has 3 nitrogen and oxygen atoms in total. The molecule has 1 aromatic rings. The van der Waals surface area contributed by atoms with Crippen molar-refractivity contribution in [2.45, 2.75) is 32.9 Å². The predicted octanol–water partition coefficient (Wildman–Crippen LogP) is 0.795. The Morgan fingerprint density at radius 3 is 2.85 bits per heavy atom. The lowest BCUT2D eigenvalue weighted by atomic mass is 10.3. The van der Waals surface area contributed by atoms with Crippen molar-refractivity contribution in [3.63, 3.8) is 0 Å². The summed E-state index contributed by atoms with van der Waals surface area (Å²) < 4.78 is 4.44. The van der Waals surface area contributed by atoms with Crippen molar-refractivity contribution in [1.82, 2.24) is 9.88 Å². The quantitative estimate of drug-likeness (QED) is 0.510. The Balaban J connectivity index is 2.20. The molecular formula is C10H20N3+. The van der Waals surface area contributed by atoms with E-state index in [9.17, 15) is 0 Å². The van der Waals surface area contributed by atoms with Crippen LogP contribution in [0.15, 0.2) is 18.7 Å². The summed E-state index contributed by atoms with van der Waals surface area (Å²) in [5.74, 6) is 0. The van der Waals surface area contributed by atoms with Crippen molar-refractivity contribution in [2.24, 2.45) is 0 Å². The molecule has 0 aliphatic rings. The first kappa shape index (κ1) is 10.3. The van der Waals surface area contributed by atoms with E-state index < -0.39 is 0 Å². The second kappa shape index (κ2) is 5.75. The fourth-order valence-electron chi connectivity index (χ4n) is 1.35. The molecule has 13 heavy (non-hydrogen) atoms. The van der Waals surface area contributed by atoms with Gasteiger partial charge in [-0.15, -0.1) is 0 Å². The Labute approximate surface area is 80.4 Å².